The molecule has 1 amide bonds. The van der Waals surface area contributed by atoms with Crippen LogP contribution in [0, 0.1) is 5.92 Å². The topological polar surface area (TPSA) is 58.4 Å². The third kappa shape index (κ3) is 7.15. The van der Waals surface area contributed by atoms with E-state index < -0.39 is 18.5 Å². The van der Waals surface area contributed by atoms with Gasteiger partial charge in [-0.05, 0) is 7.05 Å². The highest BCUT2D eigenvalue weighted by atomic mass is 19.4. The predicted molar refractivity (Wildman–Crippen MR) is 49.7 cm³/mol. The van der Waals surface area contributed by atoms with Crippen molar-refractivity contribution >= 4 is 5.91 Å². The maximum absolute atomic E-state index is 11.9. The fourth-order valence-electron chi connectivity index (χ4n) is 1.10. The molecule has 0 aliphatic heterocycles. The van der Waals surface area contributed by atoms with Crippen molar-refractivity contribution in [2.24, 2.45) is 11.8 Å². The van der Waals surface area contributed by atoms with Gasteiger partial charge in [-0.25, -0.2) is 5.84 Å². The molecule has 7 heteroatoms. The van der Waals surface area contributed by atoms with Crippen LogP contribution >= 0.6 is 0 Å². The number of alkyl halides is 3. The summed E-state index contributed by atoms with van der Waals surface area (Å²) in [7, 11) is 1.53. The Morgan fingerprint density at radius 2 is 2.07 bits per heavy atom. The highest BCUT2D eigenvalue weighted by molar-refractivity contribution is 5.77. The minimum absolute atomic E-state index is 0.119. The SMILES string of the molecule is CC(CN(C)CCC(F)(F)F)C(=O)NN. The summed E-state index contributed by atoms with van der Waals surface area (Å²) in [6, 6.07) is 0. The molecular weight excluding hydrogens is 211 g/mol. The standard InChI is InChI=1S/C8H16F3N3O/c1-6(7(15)13-12)5-14(2)4-3-8(9,10)11/h6H,3-5,12H2,1-2H3,(H,13,15). The van der Waals surface area contributed by atoms with Crippen LogP contribution in [-0.2, 0) is 4.79 Å². The van der Waals surface area contributed by atoms with E-state index in [2.05, 4.69) is 0 Å². The summed E-state index contributed by atoms with van der Waals surface area (Å²) >= 11 is 0. The second-order valence-electron chi connectivity index (χ2n) is 3.54. The number of rotatable bonds is 5. The molecule has 0 spiro atoms. The summed E-state index contributed by atoms with van der Waals surface area (Å²) in [4.78, 5) is 12.4. The predicted octanol–water partition coefficient (Wildman–Crippen LogP) is 0.497. The number of hydrogen-bond donors (Lipinski definition) is 2. The third-order valence-electron chi connectivity index (χ3n) is 1.95. The largest absolute Gasteiger partial charge is 0.390 e. The van der Waals surface area contributed by atoms with Crippen molar-refractivity contribution in [2.75, 3.05) is 20.1 Å². The maximum atomic E-state index is 11.9. The molecule has 0 aliphatic carbocycles. The molecule has 1 atom stereocenters. The van der Waals surface area contributed by atoms with E-state index in [0.29, 0.717) is 0 Å². The van der Waals surface area contributed by atoms with Crippen molar-refractivity contribution < 1.29 is 18.0 Å². The van der Waals surface area contributed by atoms with Gasteiger partial charge in [0.15, 0.2) is 0 Å². The molecule has 0 aromatic rings. The quantitative estimate of drug-likeness (QED) is 0.408. The lowest BCUT2D eigenvalue weighted by molar-refractivity contribution is -0.137. The van der Waals surface area contributed by atoms with Crippen LogP contribution in [0.5, 0.6) is 0 Å². The Kier molecular flexibility index (Phi) is 5.59. The fraction of sp³-hybridized carbons (Fsp3) is 0.875. The number of carbonyl (C=O) groups excluding carboxylic acids is 1. The van der Waals surface area contributed by atoms with Crippen LogP contribution in [0.3, 0.4) is 0 Å². The average Bonchev–Trinajstić information content (AvgIpc) is 2.12. The van der Waals surface area contributed by atoms with Gasteiger partial charge in [0.2, 0.25) is 5.91 Å². The molecule has 0 rings (SSSR count). The van der Waals surface area contributed by atoms with Gasteiger partial charge >= 0.3 is 6.18 Å². The molecule has 0 aliphatic rings. The Hall–Kier alpha value is -0.820. The second-order valence-corrected chi connectivity index (χ2v) is 3.54. The number of hydrazine groups is 1. The van der Waals surface area contributed by atoms with Crippen molar-refractivity contribution in [3.63, 3.8) is 0 Å². The monoisotopic (exact) mass is 227 g/mol. The number of halogens is 3. The van der Waals surface area contributed by atoms with Crippen LogP contribution in [0.2, 0.25) is 0 Å². The molecule has 0 aromatic carbocycles. The summed E-state index contributed by atoms with van der Waals surface area (Å²) in [6.45, 7) is 1.73. The molecule has 0 bridgehead atoms. The number of nitrogens with zero attached hydrogens (tertiary/aromatic N) is 1. The number of amides is 1. The summed E-state index contributed by atoms with van der Waals surface area (Å²) in [5, 5.41) is 0. The van der Waals surface area contributed by atoms with Crippen LogP contribution in [0.25, 0.3) is 0 Å². The maximum Gasteiger partial charge on any atom is 0.390 e. The number of nitrogens with one attached hydrogen (secondary N) is 1. The third-order valence-corrected chi connectivity index (χ3v) is 1.95. The fourth-order valence-corrected chi connectivity index (χ4v) is 1.10. The van der Waals surface area contributed by atoms with E-state index in [1.807, 2.05) is 5.43 Å². The van der Waals surface area contributed by atoms with E-state index in [1.165, 1.54) is 11.9 Å². The van der Waals surface area contributed by atoms with Gasteiger partial charge in [-0.3, -0.25) is 10.2 Å². The average molecular weight is 227 g/mol. The molecule has 0 saturated heterocycles. The Labute approximate surface area is 86.6 Å². The minimum Gasteiger partial charge on any atom is -0.305 e. The van der Waals surface area contributed by atoms with Gasteiger partial charge in [-0.1, -0.05) is 6.92 Å². The van der Waals surface area contributed by atoms with E-state index in [9.17, 15) is 18.0 Å². The number of nitrogens with two attached hydrogens (primary N) is 1. The molecule has 0 saturated carbocycles. The smallest absolute Gasteiger partial charge is 0.305 e. The zero-order chi connectivity index (χ0) is 12.1. The van der Waals surface area contributed by atoms with Crippen LogP contribution in [-0.4, -0.2) is 37.1 Å². The first-order chi connectivity index (χ1) is 6.76. The zero-order valence-electron chi connectivity index (χ0n) is 8.77. The first-order valence-electron chi connectivity index (χ1n) is 4.52. The lowest BCUT2D eigenvalue weighted by Gasteiger charge is -2.20. The van der Waals surface area contributed by atoms with Crippen molar-refractivity contribution in [1.82, 2.24) is 10.3 Å². The second kappa shape index (κ2) is 5.92. The van der Waals surface area contributed by atoms with E-state index in [0.717, 1.165) is 0 Å². The molecule has 15 heavy (non-hydrogen) atoms. The van der Waals surface area contributed by atoms with Gasteiger partial charge in [-0.15, -0.1) is 0 Å². The normalized spacial score (nSPS) is 14.1. The van der Waals surface area contributed by atoms with E-state index in [-0.39, 0.29) is 19.0 Å². The molecule has 1 unspecified atom stereocenters. The van der Waals surface area contributed by atoms with Crippen LogP contribution in [0.4, 0.5) is 13.2 Å². The highest BCUT2D eigenvalue weighted by Crippen LogP contribution is 2.19. The first kappa shape index (κ1) is 14.2. The number of carbonyl (C=O) groups is 1. The Bertz CT molecular complexity index is 208. The van der Waals surface area contributed by atoms with Crippen LogP contribution < -0.4 is 11.3 Å². The summed E-state index contributed by atoms with van der Waals surface area (Å²) in [5.74, 6) is 4.09. The van der Waals surface area contributed by atoms with Crippen LogP contribution in [0.1, 0.15) is 13.3 Å². The lowest BCUT2D eigenvalue weighted by atomic mass is 10.1. The first-order valence-corrected chi connectivity index (χ1v) is 4.52. The minimum atomic E-state index is -4.16. The summed E-state index contributed by atoms with van der Waals surface area (Å²) < 4.78 is 35.6. The summed E-state index contributed by atoms with van der Waals surface area (Å²) in [5.41, 5.74) is 1.95. The van der Waals surface area contributed by atoms with E-state index >= 15 is 0 Å². The molecule has 90 valence electrons. The lowest BCUT2D eigenvalue weighted by Crippen LogP contribution is -2.40. The molecule has 0 aromatic heterocycles. The number of hydrogen-bond acceptors (Lipinski definition) is 3. The molecule has 3 N–H and O–H groups in total. The van der Waals surface area contributed by atoms with E-state index in [1.54, 1.807) is 6.92 Å². The van der Waals surface area contributed by atoms with Crippen molar-refractivity contribution in [3.05, 3.63) is 0 Å². The molecular formula is C8H16F3N3O. The molecule has 0 heterocycles. The van der Waals surface area contributed by atoms with Gasteiger partial charge in [0.05, 0.1) is 6.42 Å². The van der Waals surface area contributed by atoms with E-state index in [4.69, 9.17) is 5.84 Å². The Morgan fingerprint density at radius 3 is 2.47 bits per heavy atom. The van der Waals surface area contributed by atoms with Gasteiger partial charge in [0.1, 0.15) is 0 Å². The van der Waals surface area contributed by atoms with Crippen LogP contribution in [0.15, 0.2) is 0 Å². The summed E-state index contributed by atoms with van der Waals surface area (Å²) in [6.07, 6.45) is -5.03. The van der Waals surface area contributed by atoms with Gasteiger partial charge in [0.25, 0.3) is 0 Å². The van der Waals surface area contributed by atoms with Gasteiger partial charge < -0.3 is 4.90 Å². The Morgan fingerprint density at radius 1 is 1.53 bits per heavy atom. The van der Waals surface area contributed by atoms with Crippen molar-refractivity contribution in [3.8, 4) is 0 Å². The molecule has 4 nitrogen and oxygen atoms in total. The van der Waals surface area contributed by atoms with Crippen molar-refractivity contribution in [2.45, 2.75) is 19.5 Å². The van der Waals surface area contributed by atoms with Gasteiger partial charge in [0, 0.05) is 19.0 Å². The molecule has 0 radical (unpaired) electrons. The Balaban J connectivity index is 3.83. The zero-order valence-corrected chi connectivity index (χ0v) is 8.77. The highest BCUT2D eigenvalue weighted by Gasteiger charge is 2.27. The van der Waals surface area contributed by atoms with Gasteiger partial charge in [-0.2, -0.15) is 13.2 Å². The molecule has 0 fully saturated rings. The van der Waals surface area contributed by atoms with Crippen molar-refractivity contribution in [1.29, 1.82) is 0 Å².